The van der Waals surface area contributed by atoms with Crippen LogP contribution in [0.15, 0.2) is 36.5 Å². The third-order valence-electron chi connectivity index (χ3n) is 4.39. The van der Waals surface area contributed by atoms with Crippen LogP contribution in [0.3, 0.4) is 0 Å². The number of para-hydroxylation sites is 1. The molecule has 1 aliphatic rings. The van der Waals surface area contributed by atoms with Gasteiger partial charge in [-0.25, -0.2) is 0 Å². The van der Waals surface area contributed by atoms with Crippen LogP contribution in [0.5, 0.6) is 0 Å². The van der Waals surface area contributed by atoms with Crippen molar-refractivity contribution in [2.24, 2.45) is 5.92 Å². The number of piperidine rings is 1. The summed E-state index contributed by atoms with van der Waals surface area (Å²) in [6, 6.07) is 10.2. The van der Waals surface area contributed by atoms with E-state index in [9.17, 15) is 4.79 Å². The Morgan fingerprint density at radius 3 is 3.00 bits per heavy atom. The van der Waals surface area contributed by atoms with Crippen LogP contribution < -0.4 is 10.6 Å². The molecular formula is C18H24ClN3O. The van der Waals surface area contributed by atoms with Crippen molar-refractivity contribution < 1.29 is 4.79 Å². The van der Waals surface area contributed by atoms with Crippen molar-refractivity contribution in [3.05, 3.63) is 42.1 Å². The number of aromatic nitrogens is 1. The van der Waals surface area contributed by atoms with E-state index in [-0.39, 0.29) is 24.4 Å². The van der Waals surface area contributed by atoms with Gasteiger partial charge < -0.3 is 10.6 Å². The van der Waals surface area contributed by atoms with E-state index in [0.29, 0.717) is 12.5 Å². The second-order valence-electron chi connectivity index (χ2n) is 6.17. The Kier molecular flexibility index (Phi) is 6.37. The summed E-state index contributed by atoms with van der Waals surface area (Å²) in [5, 5.41) is 7.51. The number of amides is 1. The second-order valence-corrected chi connectivity index (χ2v) is 6.17. The molecule has 1 amide bonds. The van der Waals surface area contributed by atoms with Gasteiger partial charge in [0.15, 0.2) is 0 Å². The van der Waals surface area contributed by atoms with Gasteiger partial charge in [0.2, 0.25) is 5.91 Å². The summed E-state index contributed by atoms with van der Waals surface area (Å²) in [4.78, 5) is 16.7. The molecule has 1 aliphatic heterocycles. The van der Waals surface area contributed by atoms with E-state index >= 15 is 0 Å². The lowest BCUT2D eigenvalue weighted by atomic mass is 9.94. The van der Waals surface area contributed by atoms with E-state index in [2.05, 4.69) is 40.7 Å². The fraction of sp³-hybridized carbons (Fsp3) is 0.444. The van der Waals surface area contributed by atoms with Crippen LogP contribution in [0.1, 0.15) is 25.3 Å². The van der Waals surface area contributed by atoms with Gasteiger partial charge in [-0.2, -0.15) is 0 Å². The Morgan fingerprint density at radius 1 is 1.35 bits per heavy atom. The average molecular weight is 334 g/mol. The molecule has 2 atom stereocenters. The fourth-order valence-corrected chi connectivity index (χ4v) is 3.12. The van der Waals surface area contributed by atoms with Crippen molar-refractivity contribution in [2.75, 3.05) is 13.1 Å². The molecule has 0 spiro atoms. The number of hydrogen-bond acceptors (Lipinski definition) is 3. The molecule has 23 heavy (non-hydrogen) atoms. The molecule has 1 aromatic carbocycles. The first kappa shape index (κ1) is 17.7. The zero-order valence-corrected chi connectivity index (χ0v) is 14.2. The standard InChI is InChI=1S/C18H23N3O.ClH/c1-13-7-10-19-16(12-13)18(22)21-11-8-15-5-2-4-14-6-3-9-20-17(14)15;/h2-6,9,13,16,19H,7-8,10-12H2,1H3,(H,21,22);1H. The van der Waals surface area contributed by atoms with Crippen LogP contribution in [-0.4, -0.2) is 30.0 Å². The number of rotatable bonds is 4. The number of fused-ring (bicyclic) bond motifs is 1. The van der Waals surface area contributed by atoms with Crippen LogP contribution in [0, 0.1) is 5.92 Å². The molecule has 2 N–H and O–H groups in total. The Balaban J connectivity index is 0.00000192. The third kappa shape index (κ3) is 4.43. The third-order valence-corrected chi connectivity index (χ3v) is 4.39. The number of nitrogens with one attached hydrogen (secondary N) is 2. The highest BCUT2D eigenvalue weighted by molar-refractivity contribution is 5.85. The highest BCUT2D eigenvalue weighted by atomic mass is 35.5. The van der Waals surface area contributed by atoms with Gasteiger partial charge in [-0.05, 0) is 43.4 Å². The lowest BCUT2D eigenvalue weighted by Gasteiger charge is -2.27. The number of halogens is 1. The molecular weight excluding hydrogens is 310 g/mol. The number of benzene rings is 1. The van der Waals surface area contributed by atoms with Gasteiger partial charge in [0, 0.05) is 18.1 Å². The predicted octanol–water partition coefficient (Wildman–Crippen LogP) is 2.70. The minimum atomic E-state index is -0.0330. The Labute approximate surface area is 143 Å². The summed E-state index contributed by atoms with van der Waals surface area (Å²) < 4.78 is 0. The molecule has 4 nitrogen and oxygen atoms in total. The Morgan fingerprint density at radius 2 is 2.17 bits per heavy atom. The molecule has 1 saturated heterocycles. The largest absolute Gasteiger partial charge is 0.354 e. The molecule has 0 saturated carbocycles. The van der Waals surface area contributed by atoms with Crippen molar-refractivity contribution in [1.82, 2.24) is 15.6 Å². The zero-order chi connectivity index (χ0) is 15.4. The molecule has 5 heteroatoms. The predicted molar refractivity (Wildman–Crippen MR) is 95.9 cm³/mol. The number of nitrogens with zero attached hydrogens (tertiary/aromatic N) is 1. The number of pyridine rings is 1. The molecule has 1 aromatic heterocycles. The summed E-state index contributed by atoms with van der Waals surface area (Å²) in [6.07, 6.45) is 4.72. The summed E-state index contributed by atoms with van der Waals surface area (Å²) in [5.74, 6) is 0.749. The van der Waals surface area contributed by atoms with E-state index in [1.54, 1.807) is 0 Å². The lowest BCUT2D eigenvalue weighted by molar-refractivity contribution is -0.123. The van der Waals surface area contributed by atoms with E-state index < -0.39 is 0 Å². The van der Waals surface area contributed by atoms with Crippen molar-refractivity contribution in [3.8, 4) is 0 Å². The van der Waals surface area contributed by atoms with E-state index in [4.69, 9.17) is 0 Å². The molecule has 0 bridgehead atoms. The van der Waals surface area contributed by atoms with Crippen LogP contribution in [0.25, 0.3) is 10.9 Å². The van der Waals surface area contributed by atoms with Gasteiger partial charge in [-0.1, -0.05) is 31.2 Å². The van der Waals surface area contributed by atoms with Gasteiger partial charge in [-0.3, -0.25) is 9.78 Å². The lowest BCUT2D eigenvalue weighted by Crippen LogP contribution is -2.48. The van der Waals surface area contributed by atoms with Gasteiger partial charge in [0.1, 0.15) is 0 Å². The molecule has 2 unspecified atom stereocenters. The topological polar surface area (TPSA) is 54.0 Å². The normalized spacial score (nSPS) is 20.7. The van der Waals surface area contributed by atoms with Gasteiger partial charge >= 0.3 is 0 Å². The summed E-state index contributed by atoms with van der Waals surface area (Å²) in [5.41, 5.74) is 2.21. The van der Waals surface area contributed by atoms with Crippen molar-refractivity contribution in [2.45, 2.75) is 32.2 Å². The van der Waals surface area contributed by atoms with Crippen molar-refractivity contribution >= 4 is 29.2 Å². The molecule has 2 aromatic rings. The molecule has 124 valence electrons. The van der Waals surface area contributed by atoms with Crippen LogP contribution in [0.2, 0.25) is 0 Å². The monoisotopic (exact) mass is 333 g/mol. The highest BCUT2D eigenvalue weighted by Gasteiger charge is 2.23. The maximum absolute atomic E-state index is 12.2. The maximum atomic E-state index is 12.2. The molecule has 1 fully saturated rings. The molecule has 0 radical (unpaired) electrons. The van der Waals surface area contributed by atoms with Crippen LogP contribution in [-0.2, 0) is 11.2 Å². The van der Waals surface area contributed by atoms with Gasteiger partial charge in [-0.15, -0.1) is 12.4 Å². The minimum Gasteiger partial charge on any atom is -0.354 e. The SMILES string of the molecule is CC1CCNC(C(=O)NCCc2cccc3cccnc23)C1.Cl. The number of hydrogen-bond donors (Lipinski definition) is 2. The van der Waals surface area contributed by atoms with Crippen LogP contribution in [0.4, 0.5) is 0 Å². The molecule has 2 heterocycles. The van der Waals surface area contributed by atoms with Crippen molar-refractivity contribution in [3.63, 3.8) is 0 Å². The summed E-state index contributed by atoms with van der Waals surface area (Å²) in [6.45, 7) is 3.80. The van der Waals surface area contributed by atoms with Crippen molar-refractivity contribution in [1.29, 1.82) is 0 Å². The Hall–Kier alpha value is -1.65. The highest BCUT2D eigenvalue weighted by Crippen LogP contribution is 2.17. The van der Waals surface area contributed by atoms with Gasteiger partial charge in [0.25, 0.3) is 0 Å². The quantitative estimate of drug-likeness (QED) is 0.904. The second kappa shape index (κ2) is 8.27. The number of carbonyl (C=O) groups excluding carboxylic acids is 1. The summed E-state index contributed by atoms with van der Waals surface area (Å²) in [7, 11) is 0. The van der Waals surface area contributed by atoms with Gasteiger partial charge in [0.05, 0.1) is 11.6 Å². The minimum absolute atomic E-state index is 0. The van der Waals surface area contributed by atoms with Crippen LogP contribution >= 0.6 is 12.4 Å². The van der Waals surface area contributed by atoms with E-state index in [1.165, 1.54) is 5.56 Å². The van der Waals surface area contributed by atoms with E-state index in [1.807, 2.05) is 18.3 Å². The van der Waals surface area contributed by atoms with E-state index in [0.717, 1.165) is 36.7 Å². The first-order valence-corrected chi connectivity index (χ1v) is 8.08. The summed E-state index contributed by atoms with van der Waals surface area (Å²) >= 11 is 0. The number of carbonyl (C=O) groups is 1. The fourth-order valence-electron chi connectivity index (χ4n) is 3.12. The average Bonchev–Trinajstić information content (AvgIpc) is 2.55. The Bertz CT molecular complexity index is 656. The molecule has 3 rings (SSSR count). The molecule has 0 aliphatic carbocycles. The smallest absolute Gasteiger partial charge is 0.237 e. The first-order chi connectivity index (χ1) is 10.7. The zero-order valence-electron chi connectivity index (χ0n) is 13.4. The maximum Gasteiger partial charge on any atom is 0.237 e. The first-order valence-electron chi connectivity index (χ1n) is 8.08.